The first-order valence-electron chi connectivity index (χ1n) is 10.7. The van der Waals surface area contributed by atoms with Crippen molar-refractivity contribution in [2.24, 2.45) is 5.41 Å². The summed E-state index contributed by atoms with van der Waals surface area (Å²) in [5.41, 5.74) is 1.36. The maximum atomic E-state index is 13.5. The van der Waals surface area contributed by atoms with E-state index in [1.807, 2.05) is 30.3 Å². The van der Waals surface area contributed by atoms with Crippen molar-refractivity contribution in [2.45, 2.75) is 43.8 Å². The van der Waals surface area contributed by atoms with Crippen LogP contribution in [0.15, 0.2) is 54.6 Å². The molecule has 2 aromatic carbocycles. The maximum absolute atomic E-state index is 13.5. The molecule has 1 N–H and O–H groups in total. The highest BCUT2D eigenvalue weighted by Gasteiger charge is 2.53. The summed E-state index contributed by atoms with van der Waals surface area (Å²) in [7, 11) is 0. The summed E-state index contributed by atoms with van der Waals surface area (Å²) in [6.45, 7) is 1.42. The van der Waals surface area contributed by atoms with Crippen molar-refractivity contribution in [2.75, 3.05) is 19.6 Å². The van der Waals surface area contributed by atoms with Gasteiger partial charge in [-0.3, -0.25) is 4.79 Å². The van der Waals surface area contributed by atoms with Gasteiger partial charge in [-0.25, -0.2) is 4.39 Å². The summed E-state index contributed by atoms with van der Waals surface area (Å²) in [5, 5.41) is 3.26. The van der Waals surface area contributed by atoms with Crippen LogP contribution in [0.3, 0.4) is 0 Å². The molecule has 1 aliphatic heterocycles. The summed E-state index contributed by atoms with van der Waals surface area (Å²) in [4.78, 5) is 13.5. The predicted molar refractivity (Wildman–Crippen MR) is 110 cm³/mol. The van der Waals surface area contributed by atoms with Crippen molar-refractivity contribution < 1.29 is 22.4 Å². The van der Waals surface area contributed by atoms with Gasteiger partial charge in [-0.1, -0.05) is 42.5 Å². The molecule has 0 unspecified atom stereocenters. The Bertz CT molecular complexity index is 892. The van der Waals surface area contributed by atoms with Crippen LogP contribution in [0.2, 0.25) is 0 Å². The van der Waals surface area contributed by atoms with E-state index in [1.165, 1.54) is 12.1 Å². The molecule has 2 atom stereocenters. The van der Waals surface area contributed by atoms with Gasteiger partial charge < -0.3 is 10.2 Å². The number of amides is 1. The second kappa shape index (κ2) is 8.61. The van der Waals surface area contributed by atoms with Crippen molar-refractivity contribution in [1.29, 1.82) is 0 Å². The zero-order chi connectivity index (χ0) is 22.1. The van der Waals surface area contributed by atoms with Gasteiger partial charge in [0.2, 0.25) is 0 Å². The highest BCUT2D eigenvalue weighted by molar-refractivity contribution is 5.82. The second-order valence-electron chi connectivity index (χ2n) is 8.80. The number of halogens is 4. The van der Waals surface area contributed by atoms with Gasteiger partial charge in [0.05, 0.1) is 0 Å². The van der Waals surface area contributed by atoms with Gasteiger partial charge in [-0.15, -0.1) is 0 Å². The zero-order valence-corrected chi connectivity index (χ0v) is 17.2. The molecule has 0 aromatic heterocycles. The lowest BCUT2D eigenvalue weighted by Crippen LogP contribution is -2.51. The molecule has 7 heteroatoms. The molecule has 2 fully saturated rings. The summed E-state index contributed by atoms with van der Waals surface area (Å²) in [6, 6.07) is 15.1. The molecule has 1 heterocycles. The number of carbonyl (C=O) groups is 1. The highest BCUT2D eigenvalue weighted by atomic mass is 19.4. The van der Waals surface area contributed by atoms with E-state index in [-0.39, 0.29) is 18.3 Å². The van der Waals surface area contributed by atoms with Crippen molar-refractivity contribution in [3.63, 3.8) is 0 Å². The third-order valence-corrected chi connectivity index (χ3v) is 6.55. The van der Waals surface area contributed by atoms with Crippen LogP contribution < -0.4 is 5.32 Å². The highest BCUT2D eigenvalue weighted by Crippen LogP contribution is 2.48. The van der Waals surface area contributed by atoms with Gasteiger partial charge in [0.25, 0.3) is 0 Å². The van der Waals surface area contributed by atoms with Gasteiger partial charge in [0.15, 0.2) is 0 Å². The number of nitrogens with zero attached hydrogens (tertiary/aromatic N) is 1. The lowest BCUT2D eigenvalue weighted by molar-refractivity contribution is -0.188. The molecule has 0 spiro atoms. The third kappa shape index (κ3) is 5.09. The van der Waals surface area contributed by atoms with Crippen molar-refractivity contribution in [3.05, 3.63) is 71.5 Å². The standard InChI is InChI=1S/C24H26F4N2O/c25-19-8-6-17(7-9-19)15-23(10-12-29-13-11-23)16-30(22(31)24(26,27)28)21-14-20(21)18-4-2-1-3-5-18/h1-9,20-21,29H,10-16H2/t20-,21+/m0/s1. The molecule has 0 radical (unpaired) electrons. The summed E-state index contributed by atoms with van der Waals surface area (Å²) in [6.07, 6.45) is -2.53. The van der Waals surface area contributed by atoms with E-state index in [2.05, 4.69) is 5.32 Å². The first-order valence-corrected chi connectivity index (χ1v) is 10.7. The normalized spacial score (nSPS) is 22.7. The van der Waals surface area contributed by atoms with Gasteiger partial charge in [0.1, 0.15) is 5.82 Å². The van der Waals surface area contributed by atoms with E-state index in [0.29, 0.717) is 38.8 Å². The Kier molecular flexibility index (Phi) is 6.06. The van der Waals surface area contributed by atoms with Gasteiger partial charge >= 0.3 is 12.1 Å². The predicted octanol–water partition coefficient (Wildman–Crippen LogP) is 4.69. The fraction of sp³-hybridized carbons (Fsp3) is 0.458. The minimum absolute atomic E-state index is 0.0540. The van der Waals surface area contributed by atoms with Crippen LogP contribution in [0.5, 0.6) is 0 Å². The number of benzene rings is 2. The Labute approximate surface area is 179 Å². The molecule has 4 rings (SSSR count). The number of nitrogens with one attached hydrogen (secondary N) is 1. The fourth-order valence-electron chi connectivity index (χ4n) is 4.83. The zero-order valence-electron chi connectivity index (χ0n) is 17.2. The molecule has 1 amide bonds. The Morgan fingerprint density at radius 2 is 1.68 bits per heavy atom. The molecule has 3 nitrogen and oxygen atoms in total. The number of carbonyl (C=O) groups excluding carboxylic acids is 1. The first-order chi connectivity index (χ1) is 14.8. The van der Waals surface area contributed by atoms with Crippen LogP contribution >= 0.6 is 0 Å². The Morgan fingerprint density at radius 1 is 1.03 bits per heavy atom. The molecule has 1 saturated heterocycles. The number of alkyl halides is 3. The third-order valence-electron chi connectivity index (χ3n) is 6.55. The monoisotopic (exact) mass is 434 g/mol. The molecule has 1 saturated carbocycles. The van der Waals surface area contributed by atoms with E-state index in [4.69, 9.17) is 0 Å². The van der Waals surface area contributed by atoms with Crippen molar-refractivity contribution in [1.82, 2.24) is 10.2 Å². The van der Waals surface area contributed by atoms with E-state index < -0.39 is 23.5 Å². The molecule has 2 aliphatic rings. The van der Waals surface area contributed by atoms with Crippen molar-refractivity contribution in [3.8, 4) is 0 Å². The Hall–Kier alpha value is -2.41. The SMILES string of the molecule is O=C(N(CC1(Cc2ccc(F)cc2)CCNCC1)[C@@H]1C[C@H]1c1ccccc1)C(F)(F)F. The lowest BCUT2D eigenvalue weighted by Gasteiger charge is -2.42. The number of hydrogen-bond donors (Lipinski definition) is 1. The minimum Gasteiger partial charge on any atom is -0.331 e. The average molecular weight is 434 g/mol. The van der Waals surface area contributed by atoms with Crippen LogP contribution in [0.4, 0.5) is 17.6 Å². The smallest absolute Gasteiger partial charge is 0.331 e. The van der Waals surface area contributed by atoms with Gasteiger partial charge in [-0.2, -0.15) is 13.2 Å². The summed E-state index contributed by atoms with van der Waals surface area (Å²) >= 11 is 0. The van der Waals surface area contributed by atoms with E-state index in [0.717, 1.165) is 16.0 Å². The van der Waals surface area contributed by atoms with E-state index >= 15 is 0 Å². The number of rotatable bonds is 6. The molecule has 31 heavy (non-hydrogen) atoms. The molecule has 2 aromatic rings. The maximum Gasteiger partial charge on any atom is 0.471 e. The summed E-state index contributed by atoms with van der Waals surface area (Å²) < 4.78 is 53.9. The van der Waals surface area contributed by atoms with Crippen LogP contribution in [-0.4, -0.2) is 42.7 Å². The Balaban J connectivity index is 1.60. The molecule has 166 valence electrons. The van der Waals surface area contributed by atoms with E-state index in [1.54, 1.807) is 12.1 Å². The lowest BCUT2D eigenvalue weighted by atomic mass is 9.73. The number of hydrogen-bond acceptors (Lipinski definition) is 2. The fourth-order valence-corrected chi connectivity index (χ4v) is 4.83. The minimum atomic E-state index is -4.91. The molecule has 0 bridgehead atoms. The molecule has 1 aliphatic carbocycles. The average Bonchev–Trinajstić information content (AvgIpc) is 3.55. The second-order valence-corrected chi connectivity index (χ2v) is 8.80. The van der Waals surface area contributed by atoms with Crippen LogP contribution in [0.1, 0.15) is 36.3 Å². The van der Waals surface area contributed by atoms with Crippen LogP contribution in [0, 0.1) is 11.2 Å². The number of piperidine rings is 1. The topological polar surface area (TPSA) is 32.3 Å². The molecular weight excluding hydrogens is 408 g/mol. The van der Waals surface area contributed by atoms with E-state index in [9.17, 15) is 22.4 Å². The largest absolute Gasteiger partial charge is 0.471 e. The quantitative estimate of drug-likeness (QED) is 0.670. The van der Waals surface area contributed by atoms with Crippen LogP contribution in [-0.2, 0) is 11.2 Å². The van der Waals surface area contributed by atoms with Gasteiger partial charge in [-0.05, 0) is 67.4 Å². The molecular formula is C24H26F4N2O. The first kappa shape index (κ1) is 21.8. The Morgan fingerprint density at radius 3 is 2.29 bits per heavy atom. The summed E-state index contributed by atoms with van der Waals surface area (Å²) in [5.74, 6) is -2.18. The van der Waals surface area contributed by atoms with Crippen molar-refractivity contribution >= 4 is 5.91 Å². The van der Waals surface area contributed by atoms with Crippen LogP contribution in [0.25, 0.3) is 0 Å². The van der Waals surface area contributed by atoms with Gasteiger partial charge in [0, 0.05) is 18.5 Å².